The quantitative estimate of drug-likeness (QED) is 0.875. The molecule has 1 aliphatic heterocycles. The van der Waals surface area contributed by atoms with Gasteiger partial charge in [-0.15, -0.1) is 0 Å². The molecule has 1 unspecified atom stereocenters. The van der Waals surface area contributed by atoms with Gasteiger partial charge in [0.25, 0.3) is 0 Å². The van der Waals surface area contributed by atoms with E-state index in [-0.39, 0.29) is 12.1 Å². The van der Waals surface area contributed by atoms with Crippen LogP contribution >= 0.6 is 0 Å². The average Bonchev–Trinajstić information content (AvgIpc) is 2.92. The van der Waals surface area contributed by atoms with Crippen LogP contribution in [0, 0.1) is 6.92 Å². The highest BCUT2D eigenvalue weighted by Crippen LogP contribution is 2.41. The third-order valence-electron chi connectivity index (χ3n) is 4.52. The third kappa shape index (κ3) is 3.18. The van der Waals surface area contributed by atoms with Crippen molar-refractivity contribution in [3.8, 4) is 0 Å². The van der Waals surface area contributed by atoms with Gasteiger partial charge in [-0.2, -0.15) is 13.2 Å². The molecule has 1 aromatic heterocycles. The van der Waals surface area contributed by atoms with Crippen LogP contribution in [0.2, 0.25) is 0 Å². The number of hydrogen-bond donors (Lipinski definition) is 2. The Morgan fingerprint density at radius 2 is 1.92 bits per heavy atom. The highest BCUT2D eigenvalue weighted by molar-refractivity contribution is 5.30. The van der Waals surface area contributed by atoms with Crippen LogP contribution in [-0.2, 0) is 11.8 Å². The van der Waals surface area contributed by atoms with Gasteiger partial charge in [-0.3, -0.25) is 0 Å². The molecule has 1 fully saturated rings. The Kier molecular flexibility index (Phi) is 4.17. The molecule has 2 N–H and O–H groups in total. The van der Waals surface area contributed by atoms with Crippen molar-refractivity contribution in [2.75, 3.05) is 0 Å². The third-order valence-corrected chi connectivity index (χ3v) is 4.52. The summed E-state index contributed by atoms with van der Waals surface area (Å²) in [5, 5.41) is 14.4. The first-order chi connectivity index (χ1) is 11.2. The van der Waals surface area contributed by atoms with E-state index in [1.165, 1.54) is 18.5 Å². The van der Waals surface area contributed by atoms with E-state index in [2.05, 4.69) is 10.3 Å². The van der Waals surface area contributed by atoms with E-state index >= 15 is 0 Å². The maximum Gasteiger partial charge on any atom is 0.416 e. The first-order valence-corrected chi connectivity index (χ1v) is 7.75. The van der Waals surface area contributed by atoms with Crippen molar-refractivity contribution < 1.29 is 22.7 Å². The van der Waals surface area contributed by atoms with Gasteiger partial charge in [0.1, 0.15) is 5.76 Å². The summed E-state index contributed by atoms with van der Waals surface area (Å²) in [6.45, 7) is 3.74. The molecule has 1 aromatic carbocycles. The van der Waals surface area contributed by atoms with Crippen LogP contribution in [0.5, 0.6) is 0 Å². The topological polar surface area (TPSA) is 58.3 Å². The van der Waals surface area contributed by atoms with Crippen LogP contribution in [-0.4, -0.2) is 16.1 Å². The van der Waals surface area contributed by atoms with E-state index < -0.39 is 17.3 Å². The van der Waals surface area contributed by atoms with E-state index in [1.807, 2.05) is 13.8 Å². The van der Waals surface area contributed by atoms with Crippen molar-refractivity contribution in [3.63, 3.8) is 0 Å². The van der Waals surface area contributed by atoms with Crippen molar-refractivity contribution >= 4 is 0 Å². The molecule has 1 aliphatic rings. The second-order valence-corrected chi connectivity index (χ2v) is 6.44. The van der Waals surface area contributed by atoms with Gasteiger partial charge in [-0.25, -0.2) is 4.98 Å². The average molecular weight is 340 g/mol. The fourth-order valence-corrected chi connectivity index (χ4v) is 3.41. The summed E-state index contributed by atoms with van der Waals surface area (Å²) in [5.74, 6) is 0.645. The number of hydrogen-bond acceptors (Lipinski definition) is 4. The lowest BCUT2D eigenvalue weighted by Gasteiger charge is -2.40. The summed E-state index contributed by atoms with van der Waals surface area (Å²) in [4.78, 5) is 4.06. The van der Waals surface area contributed by atoms with Crippen LogP contribution in [0.4, 0.5) is 13.2 Å². The minimum atomic E-state index is -4.39. The monoisotopic (exact) mass is 340 g/mol. The van der Waals surface area contributed by atoms with Gasteiger partial charge >= 0.3 is 6.18 Å². The zero-order chi connectivity index (χ0) is 17.5. The van der Waals surface area contributed by atoms with Crippen molar-refractivity contribution in [2.24, 2.45) is 0 Å². The van der Waals surface area contributed by atoms with Crippen LogP contribution in [0.1, 0.15) is 48.4 Å². The molecule has 2 aromatic rings. The Hall–Kier alpha value is -1.86. The van der Waals surface area contributed by atoms with Crippen molar-refractivity contribution in [3.05, 3.63) is 53.2 Å². The van der Waals surface area contributed by atoms with Gasteiger partial charge < -0.3 is 14.8 Å². The van der Waals surface area contributed by atoms with E-state index in [0.29, 0.717) is 24.2 Å². The van der Waals surface area contributed by atoms with Crippen molar-refractivity contribution in [1.29, 1.82) is 0 Å². The van der Waals surface area contributed by atoms with E-state index in [1.54, 1.807) is 0 Å². The standard InChI is InChI=1S/C17H19F3N2O2/c1-10-7-16(23,8-14(22-10)15-11(2)21-9-24-15)12-3-5-13(6-4-12)17(18,19)20/h3-6,9-10,14,22-23H,7-8H2,1-2H3/t10-,14-,16?/m0/s1. The maximum atomic E-state index is 12.7. The summed E-state index contributed by atoms with van der Waals surface area (Å²) in [5.41, 5.74) is -0.736. The number of oxazole rings is 1. The SMILES string of the molecule is Cc1ncoc1[C@@H]1CC(O)(c2ccc(C(F)(F)F)cc2)C[C@H](C)N1. The Bertz CT molecular complexity index is 711. The van der Waals surface area contributed by atoms with Crippen LogP contribution in [0.3, 0.4) is 0 Å². The Morgan fingerprint density at radius 3 is 2.46 bits per heavy atom. The van der Waals surface area contributed by atoms with E-state index in [9.17, 15) is 18.3 Å². The maximum absolute atomic E-state index is 12.7. The van der Waals surface area contributed by atoms with Crippen LogP contribution in [0.15, 0.2) is 35.1 Å². The Labute approximate surface area is 137 Å². The van der Waals surface area contributed by atoms with Gasteiger partial charge in [0, 0.05) is 12.5 Å². The zero-order valence-corrected chi connectivity index (χ0v) is 13.4. The number of aromatic nitrogens is 1. The summed E-state index contributed by atoms with van der Waals surface area (Å²) in [7, 11) is 0. The molecule has 130 valence electrons. The molecule has 0 spiro atoms. The number of halogens is 3. The predicted octanol–water partition coefficient (Wildman–Crippen LogP) is 3.70. The molecule has 4 nitrogen and oxygen atoms in total. The van der Waals surface area contributed by atoms with E-state index in [0.717, 1.165) is 17.8 Å². The van der Waals surface area contributed by atoms with Gasteiger partial charge in [-0.1, -0.05) is 12.1 Å². The number of rotatable bonds is 2. The number of nitrogens with one attached hydrogen (secondary N) is 1. The summed E-state index contributed by atoms with van der Waals surface area (Å²) in [6, 6.07) is 4.45. The highest BCUT2D eigenvalue weighted by Gasteiger charge is 2.41. The van der Waals surface area contributed by atoms with Gasteiger partial charge in [0.05, 0.1) is 22.9 Å². The normalized spacial score (nSPS) is 28.1. The fourth-order valence-electron chi connectivity index (χ4n) is 3.41. The Balaban J connectivity index is 1.89. The highest BCUT2D eigenvalue weighted by atomic mass is 19.4. The minimum Gasteiger partial charge on any atom is -0.447 e. The van der Waals surface area contributed by atoms with Gasteiger partial charge in [-0.05, 0) is 38.0 Å². The smallest absolute Gasteiger partial charge is 0.416 e. The van der Waals surface area contributed by atoms with Crippen LogP contribution < -0.4 is 5.32 Å². The largest absolute Gasteiger partial charge is 0.447 e. The molecule has 0 radical (unpaired) electrons. The first-order valence-electron chi connectivity index (χ1n) is 7.75. The first kappa shape index (κ1) is 17.0. The summed E-state index contributed by atoms with van der Waals surface area (Å²) in [6.07, 6.45) is -2.33. The molecular formula is C17H19F3N2O2. The molecule has 0 amide bonds. The fraction of sp³-hybridized carbons (Fsp3) is 0.471. The van der Waals surface area contributed by atoms with Crippen molar-refractivity contribution in [1.82, 2.24) is 10.3 Å². The molecule has 2 heterocycles. The lowest BCUT2D eigenvalue weighted by atomic mass is 9.78. The zero-order valence-electron chi connectivity index (χ0n) is 13.4. The van der Waals surface area contributed by atoms with Crippen LogP contribution in [0.25, 0.3) is 0 Å². The number of piperidine rings is 1. The lowest BCUT2D eigenvalue weighted by Crippen LogP contribution is -2.46. The second kappa shape index (κ2) is 5.89. The van der Waals surface area contributed by atoms with Gasteiger partial charge in [0.15, 0.2) is 6.39 Å². The van der Waals surface area contributed by atoms with Crippen molar-refractivity contribution in [2.45, 2.75) is 50.6 Å². The molecule has 0 saturated carbocycles. The number of alkyl halides is 3. The number of benzene rings is 1. The second-order valence-electron chi connectivity index (χ2n) is 6.44. The molecular weight excluding hydrogens is 321 g/mol. The molecule has 3 atom stereocenters. The minimum absolute atomic E-state index is 0.0273. The molecule has 0 aliphatic carbocycles. The Morgan fingerprint density at radius 1 is 1.25 bits per heavy atom. The molecule has 7 heteroatoms. The summed E-state index contributed by atoms with van der Waals surface area (Å²) < 4.78 is 43.6. The lowest BCUT2D eigenvalue weighted by molar-refractivity contribution is -0.137. The van der Waals surface area contributed by atoms with E-state index in [4.69, 9.17) is 4.42 Å². The molecule has 1 saturated heterocycles. The number of aliphatic hydroxyl groups is 1. The molecule has 0 bridgehead atoms. The number of aryl methyl sites for hydroxylation is 1. The molecule has 3 rings (SSSR count). The van der Waals surface area contributed by atoms with Gasteiger partial charge in [0.2, 0.25) is 0 Å². The molecule has 24 heavy (non-hydrogen) atoms. The summed E-state index contributed by atoms with van der Waals surface area (Å²) >= 11 is 0. The number of nitrogens with zero attached hydrogens (tertiary/aromatic N) is 1. The predicted molar refractivity (Wildman–Crippen MR) is 81.2 cm³/mol.